The van der Waals surface area contributed by atoms with Crippen LogP contribution >= 0.6 is 0 Å². The summed E-state index contributed by atoms with van der Waals surface area (Å²) in [6.45, 7) is 0. The fourth-order valence-corrected chi connectivity index (χ4v) is 5.07. The van der Waals surface area contributed by atoms with Crippen molar-refractivity contribution in [2.24, 2.45) is 11.3 Å². The topological polar surface area (TPSA) is 26.3 Å². The zero-order chi connectivity index (χ0) is 15.6. The fraction of sp³-hybridized carbons (Fsp3) is 0.381. The molecule has 5 rings (SSSR count). The number of carbonyl (C=O) groups excluding carboxylic acids is 1. The van der Waals surface area contributed by atoms with Crippen molar-refractivity contribution in [3.8, 4) is 5.75 Å². The summed E-state index contributed by atoms with van der Waals surface area (Å²) in [5.74, 6) is 1.84. The number of allylic oxidation sites excluding steroid dienone is 2. The number of hydrogen-bond donors (Lipinski definition) is 0. The highest BCUT2D eigenvalue weighted by Crippen LogP contribution is 2.58. The van der Waals surface area contributed by atoms with Gasteiger partial charge in [-0.05, 0) is 72.6 Å². The zero-order valence-electron chi connectivity index (χ0n) is 13.4. The fourth-order valence-electron chi connectivity index (χ4n) is 5.07. The van der Waals surface area contributed by atoms with Crippen molar-refractivity contribution in [3.63, 3.8) is 0 Å². The molecule has 0 heterocycles. The Morgan fingerprint density at radius 3 is 2.83 bits per heavy atom. The first-order chi connectivity index (χ1) is 11.2. The molecule has 2 bridgehead atoms. The summed E-state index contributed by atoms with van der Waals surface area (Å²) in [4.78, 5) is 13.3. The van der Waals surface area contributed by atoms with E-state index in [0.29, 0.717) is 11.7 Å². The molecule has 2 aromatic carbocycles. The van der Waals surface area contributed by atoms with Crippen LogP contribution < -0.4 is 4.74 Å². The SMILES string of the molecule is COc1ccc2cc3c(cc2c1)CCC1(CC2=CCC1C2)C3=O. The third kappa shape index (κ3) is 1.72. The van der Waals surface area contributed by atoms with Crippen LogP contribution in [-0.2, 0) is 6.42 Å². The van der Waals surface area contributed by atoms with Gasteiger partial charge in [-0.3, -0.25) is 4.79 Å². The van der Waals surface area contributed by atoms with Gasteiger partial charge < -0.3 is 4.74 Å². The molecule has 0 N–H and O–H groups in total. The van der Waals surface area contributed by atoms with Gasteiger partial charge in [0.25, 0.3) is 0 Å². The largest absolute Gasteiger partial charge is 0.497 e. The Kier molecular flexibility index (Phi) is 2.60. The van der Waals surface area contributed by atoms with Gasteiger partial charge >= 0.3 is 0 Å². The molecule has 3 aliphatic rings. The van der Waals surface area contributed by atoms with Crippen molar-refractivity contribution < 1.29 is 9.53 Å². The molecule has 2 unspecified atom stereocenters. The molecule has 116 valence electrons. The maximum absolute atomic E-state index is 13.3. The van der Waals surface area contributed by atoms with Gasteiger partial charge in [0.15, 0.2) is 5.78 Å². The average Bonchev–Trinajstić information content (AvgIpc) is 3.18. The minimum absolute atomic E-state index is 0.0861. The van der Waals surface area contributed by atoms with E-state index in [0.717, 1.165) is 48.8 Å². The third-order valence-electron chi connectivity index (χ3n) is 6.33. The molecule has 1 saturated carbocycles. The molecule has 2 aromatic rings. The van der Waals surface area contributed by atoms with Gasteiger partial charge in [-0.25, -0.2) is 0 Å². The lowest BCUT2D eigenvalue weighted by molar-refractivity contribution is 0.0671. The van der Waals surface area contributed by atoms with E-state index in [1.807, 2.05) is 6.07 Å². The molecule has 1 fully saturated rings. The lowest BCUT2D eigenvalue weighted by atomic mass is 9.63. The Balaban J connectivity index is 1.64. The standard InChI is InChI=1S/C21H20O2/c1-23-18-5-3-14-11-19-15(9-16(14)10-18)6-7-21(20(19)22)12-13-2-4-17(21)8-13/h2-3,5,9-11,17H,4,6-8,12H2,1H3. The Bertz CT molecular complexity index is 877. The number of ether oxygens (including phenoxy) is 1. The van der Waals surface area contributed by atoms with Crippen LogP contribution in [0.25, 0.3) is 10.8 Å². The average molecular weight is 304 g/mol. The Morgan fingerprint density at radius 1 is 1.17 bits per heavy atom. The first-order valence-corrected chi connectivity index (χ1v) is 8.53. The van der Waals surface area contributed by atoms with E-state index < -0.39 is 0 Å². The first-order valence-electron chi connectivity index (χ1n) is 8.53. The maximum Gasteiger partial charge on any atom is 0.169 e. The molecule has 0 aromatic heterocycles. The smallest absolute Gasteiger partial charge is 0.169 e. The minimum Gasteiger partial charge on any atom is -0.497 e. The second-order valence-electron chi connectivity index (χ2n) is 7.38. The highest BCUT2D eigenvalue weighted by molar-refractivity contribution is 6.06. The van der Waals surface area contributed by atoms with Crippen LogP contribution in [0.4, 0.5) is 0 Å². The minimum atomic E-state index is -0.0861. The zero-order valence-corrected chi connectivity index (χ0v) is 13.4. The number of hydrogen-bond acceptors (Lipinski definition) is 2. The lowest BCUT2D eigenvalue weighted by Gasteiger charge is -2.38. The number of aryl methyl sites for hydroxylation is 1. The summed E-state index contributed by atoms with van der Waals surface area (Å²) in [6.07, 6.45) is 7.70. The van der Waals surface area contributed by atoms with Crippen molar-refractivity contribution in [2.75, 3.05) is 7.11 Å². The number of rotatable bonds is 1. The maximum atomic E-state index is 13.3. The molecular formula is C21H20O2. The van der Waals surface area contributed by atoms with Crippen molar-refractivity contribution in [3.05, 3.63) is 53.1 Å². The van der Waals surface area contributed by atoms with Gasteiger partial charge in [-0.1, -0.05) is 23.8 Å². The van der Waals surface area contributed by atoms with Gasteiger partial charge in [0.05, 0.1) is 7.11 Å². The Morgan fingerprint density at radius 2 is 2.09 bits per heavy atom. The van der Waals surface area contributed by atoms with Crippen molar-refractivity contribution in [1.82, 2.24) is 0 Å². The quantitative estimate of drug-likeness (QED) is 0.714. The molecule has 23 heavy (non-hydrogen) atoms. The molecule has 2 nitrogen and oxygen atoms in total. The molecule has 2 atom stereocenters. The number of Topliss-reactive ketones (excluding diaryl/α,β-unsaturated/α-hetero) is 1. The molecule has 0 radical (unpaired) electrons. The summed E-state index contributed by atoms with van der Waals surface area (Å²) < 4.78 is 5.32. The van der Waals surface area contributed by atoms with Crippen LogP contribution in [0, 0.1) is 11.3 Å². The van der Waals surface area contributed by atoms with Gasteiger partial charge in [-0.15, -0.1) is 0 Å². The van der Waals surface area contributed by atoms with E-state index in [2.05, 4.69) is 30.3 Å². The Hall–Kier alpha value is -2.09. The van der Waals surface area contributed by atoms with Crippen molar-refractivity contribution in [1.29, 1.82) is 0 Å². The van der Waals surface area contributed by atoms with Gasteiger partial charge in [-0.2, -0.15) is 0 Å². The van der Waals surface area contributed by atoms with Crippen LogP contribution in [0.1, 0.15) is 41.6 Å². The predicted octanol–water partition coefficient (Wildman–Crippen LogP) is 4.70. The third-order valence-corrected chi connectivity index (χ3v) is 6.33. The van der Waals surface area contributed by atoms with Crippen molar-refractivity contribution >= 4 is 16.6 Å². The normalized spacial score (nSPS) is 28.3. The first kappa shape index (κ1) is 13.4. The number of ketones is 1. The van der Waals surface area contributed by atoms with E-state index in [1.165, 1.54) is 16.5 Å². The monoisotopic (exact) mass is 304 g/mol. The van der Waals surface area contributed by atoms with Crippen molar-refractivity contribution in [2.45, 2.75) is 32.1 Å². The van der Waals surface area contributed by atoms with E-state index in [-0.39, 0.29) is 5.41 Å². The van der Waals surface area contributed by atoms with Crippen LogP contribution in [0.15, 0.2) is 42.0 Å². The van der Waals surface area contributed by atoms with Crippen LogP contribution in [0.3, 0.4) is 0 Å². The van der Waals surface area contributed by atoms with E-state index in [9.17, 15) is 4.79 Å². The summed E-state index contributed by atoms with van der Waals surface area (Å²) in [7, 11) is 1.69. The number of carbonyl (C=O) groups is 1. The summed E-state index contributed by atoms with van der Waals surface area (Å²) in [6, 6.07) is 10.4. The van der Waals surface area contributed by atoms with Gasteiger partial charge in [0, 0.05) is 11.0 Å². The molecular weight excluding hydrogens is 284 g/mol. The van der Waals surface area contributed by atoms with Gasteiger partial charge in [0.1, 0.15) is 5.75 Å². The molecule has 0 saturated heterocycles. The van der Waals surface area contributed by atoms with Gasteiger partial charge in [0.2, 0.25) is 0 Å². The van der Waals surface area contributed by atoms with Crippen LogP contribution in [-0.4, -0.2) is 12.9 Å². The highest BCUT2D eigenvalue weighted by Gasteiger charge is 2.53. The second-order valence-corrected chi connectivity index (χ2v) is 7.38. The van der Waals surface area contributed by atoms with E-state index >= 15 is 0 Å². The van der Waals surface area contributed by atoms with E-state index in [4.69, 9.17) is 4.74 Å². The lowest BCUT2D eigenvalue weighted by Crippen LogP contribution is -2.39. The highest BCUT2D eigenvalue weighted by atomic mass is 16.5. The number of methoxy groups -OCH3 is 1. The summed E-state index contributed by atoms with van der Waals surface area (Å²) in [5.41, 5.74) is 3.63. The van der Waals surface area contributed by atoms with E-state index in [1.54, 1.807) is 7.11 Å². The van der Waals surface area contributed by atoms with Crippen LogP contribution in [0.5, 0.6) is 5.75 Å². The predicted molar refractivity (Wildman–Crippen MR) is 91.0 cm³/mol. The molecule has 3 aliphatic carbocycles. The molecule has 0 aliphatic heterocycles. The van der Waals surface area contributed by atoms with Crippen LogP contribution in [0.2, 0.25) is 0 Å². The molecule has 1 spiro atoms. The number of benzene rings is 2. The second kappa shape index (κ2) is 4.47. The summed E-state index contributed by atoms with van der Waals surface area (Å²) >= 11 is 0. The Labute approximate surface area is 136 Å². The number of fused-ring (bicyclic) bond motifs is 5. The molecule has 0 amide bonds. The molecule has 2 heteroatoms. The summed E-state index contributed by atoms with van der Waals surface area (Å²) in [5, 5.41) is 2.31.